The highest BCUT2D eigenvalue weighted by Crippen LogP contribution is 1.94. The number of hydrogen-bond acceptors (Lipinski definition) is 2. The van der Waals surface area contributed by atoms with Crippen LogP contribution < -0.4 is 0 Å². The average Bonchev–Trinajstić information content (AvgIpc) is 2.14. The minimum atomic E-state index is 0.300. The van der Waals surface area contributed by atoms with E-state index in [2.05, 4.69) is 9.98 Å². The molecule has 0 radical (unpaired) electrons. The highest BCUT2D eigenvalue weighted by atomic mass is 35.5. The van der Waals surface area contributed by atoms with E-state index in [0.29, 0.717) is 18.4 Å². The summed E-state index contributed by atoms with van der Waals surface area (Å²) in [6.45, 7) is 5.93. The molecular weight excluding hydrogens is 202 g/mol. The van der Waals surface area contributed by atoms with Gasteiger partial charge in [0.25, 0.3) is 0 Å². The topological polar surface area (TPSA) is 37.2 Å². The zero-order chi connectivity index (χ0) is 11.0. The Labute approximate surface area is 90.6 Å². The molecule has 0 aliphatic rings. The molecule has 4 nitrogen and oxygen atoms in total. The lowest BCUT2D eigenvalue weighted by Crippen LogP contribution is -2.28. The van der Waals surface area contributed by atoms with Gasteiger partial charge in [-0.25, -0.2) is 4.99 Å². The summed E-state index contributed by atoms with van der Waals surface area (Å²) in [6.07, 6.45) is 0. The van der Waals surface area contributed by atoms with Crippen molar-refractivity contribution in [1.82, 2.24) is 4.90 Å². The monoisotopic (exact) mass is 219 g/mol. The van der Waals surface area contributed by atoms with Crippen molar-refractivity contribution in [1.29, 1.82) is 0 Å². The summed E-state index contributed by atoms with van der Waals surface area (Å²) in [7, 11) is 3.61. The van der Waals surface area contributed by atoms with Crippen LogP contribution in [0.1, 0.15) is 13.8 Å². The van der Waals surface area contributed by atoms with E-state index in [1.54, 1.807) is 7.11 Å². The van der Waals surface area contributed by atoms with E-state index in [4.69, 9.17) is 16.3 Å². The predicted octanol–water partition coefficient (Wildman–Crippen LogP) is 1.60. The molecule has 0 N–H and O–H groups in total. The first-order valence-corrected chi connectivity index (χ1v) is 4.95. The van der Waals surface area contributed by atoms with Gasteiger partial charge in [0.2, 0.25) is 5.29 Å². The van der Waals surface area contributed by atoms with Crippen LogP contribution in [-0.2, 0) is 4.74 Å². The van der Waals surface area contributed by atoms with Crippen LogP contribution in [0.15, 0.2) is 9.98 Å². The van der Waals surface area contributed by atoms with Crippen LogP contribution in [0.4, 0.5) is 0 Å². The Kier molecular flexibility index (Phi) is 7.42. The summed E-state index contributed by atoms with van der Waals surface area (Å²) in [5.74, 6) is 0.837. The van der Waals surface area contributed by atoms with Gasteiger partial charge in [-0.05, 0) is 25.4 Å². The highest BCUT2D eigenvalue weighted by molar-refractivity contribution is 6.65. The van der Waals surface area contributed by atoms with Crippen molar-refractivity contribution < 1.29 is 4.74 Å². The lowest BCUT2D eigenvalue weighted by atomic mass is 10.5. The summed E-state index contributed by atoms with van der Waals surface area (Å²) < 4.78 is 4.96. The summed E-state index contributed by atoms with van der Waals surface area (Å²) in [5.41, 5.74) is 0. The average molecular weight is 220 g/mol. The van der Waals surface area contributed by atoms with Gasteiger partial charge >= 0.3 is 0 Å². The Hall–Kier alpha value is -0.610. The third-order valence-corrected chi connectivity index (χ3v) is 1.93. The maximum absolute atomic E-state index is 5.76. The number of hydrogen-bond donors (Lipinski definition) is 0. The maximum atomic E-state index is 5.76. The molecule has 5 heteroatoms. The molecule has 0 aliphatic heterocycles. The SMILES string of the molecule is CCN=C(Cl)N=C(C)N(C)CCOC. The van der Waals surface area contributed by atoms with Crippen LogP contribution in [0.5, 0.6) is 0 Å². The molecule has 0 heterocycles. The van der Waals surface area contributed by atoms with Gasteiger partial charge in [-0.1, -0.05) is 0 Å². The maximum Gasteiger partial charge on any atom is 0.219 e. The van der Waals surface area contributed by atoms with Gasteiger partial charge in [0.15, 0.2) is 0 Å². The second-order valence-electron chi connectivity index (χ2n) is 2.82. The molecule has 0 unspecified atom stereocenters. The van der Waals surface area contributed by atoms with E-state index < -0.39 is 0 Å². The number of methoxy groups -OCH3 is 1. The number of likely N-dealkylation sites (N-methyl/N-ethyl adjacent to an activating group) is 1. The van der Waals surface area contributed by atoms with Crippen LogP contribution in [0.2, 0.25) is 0 Å². The van der Waals surface area contributed by atoms with E-state index >= 15 is 0 Å². The minimum absolute atomic E-state index is 0.300. The fourth-order valence-electron chi connectivity index (χ4n) is 0.775. The van der Waals surface area contributed by atoms with Crippen molar-refractivity contribution >= 4 is 22.7 Å². The molecule has 0 aromatic rings. The van der Waals surface area contributed by atoms with E-state index in [1.165, 1.54) is 0 Å². The van der Waals surface area contributed by atoms with Crippen LogP contribution in [0, 0.1) is 0 Å². The van der Waals surface area contributed by atoms with Gasteiger partial charge in [-0.3, -0.25) is 4.99 Å². The van der Waals surface area contributed by atoms with Crippen molar-refractivity contribution in [2.24, 2.45) is 9.98 Å². The highest BCUT2D eigenvalue weighted by Gasteiger charge is 2.00. The molecule has 0 saturated heterocycles. The van der Waals surface area contributed by atoms with Crippen molar-refractivity contribution in [3.8, 4) is 0 Å². The molecular formula is C9H18ClN3O. The molecule has 14 heavy (non-hydrogen) atoms. The van der Waals surface area contributed by atoms with E-state index in [0.717, 1.165) is 12.4 Å². The quantitative estimate of drug-likeness (QED) is 0.409. The van der Waals surface area contributed by atoms with Gasteiger partial charge < -0.3 is 9.64 Å². The van der Waals surface area contributed by atoms with Crippen molar-refractivity contribution in [2.75, 3.05) is 33.9 Å². The Morgan fingerprint density at radius 3 is 2.64 bits per heavy atom. The number of halogens is 1. The number of ether oxygens (including phenoxy) is 1. The fourth-order valence-corrected chi connectivity index (χ4v) is 1.02. The summed E-state index contributed by atoms with van der Waals surface area (Å²) in [4.78, 5) is 10.1. The number of aliphatic imine (C=N–C) groups is 2. The number of rotatable bonds is 4. The molecule has 82 valence electrons. The Bertz CT molecular complexity index is 216. The molecule has 0 bridgehead atoms. The second-order valence-corrected chi connectivity index (χ2v) is 3.15. The van der Waals surface area contributed by atoms with E-state index in [9.17, 15) is 0 Å². The number of nitrogens with zero attached hydrogens (tertiary/aromatic N) is 3. The minimum Gasteiger partial charge on any atom is -0.383 e. The molecule has 0 rings (SSSR count). The first-order valence-electron chi connectivity index (χ1n) is 4.57. The first kappa shape index (κ1) is 13.4. The molecule has 0 aliphatic carbocycles. The molecule has 0 atom stereocenters. The van der Waals surface area contributed by atoms with Gasteiger partial charge in [0, 0.05) is 27.2 Å². The Morgan fingerprint density at radius 2 is 2.14 bits per heavy atom. The lowest BCUT2D eigenvalue weighted by Gasteiger charge is -2.17. The fraction of sp³-hybridized carbons (Fsp3) is 0.778. The Morgan fingerprint density at radius 1 is 1.50 bits per heavy atom. The van der Waals surface area contributed by atoms with E-state index in [-0.39, 0.29) is 0 Å². The summed E-state index contributed by atoms with van der Waals surface area (Å²) >= 11 is 5.76. The smallest absolute Gasteiger partial charge is 0.219 e. The van der Waals surface area contributed by atoms with Crippen LogP contribution in [-0.4, -0.2) is 49.9 Å². The third kappa shape index (κ3) is 5.94. The lowest BCUT2D eigenvalue weighted by molar-refractivity contribution is 0.182. The number of amidine groups is 2. The molecule has 0 saturated carbocycles. The van der Waals surface area contributed by atoms with Crippen molar-refractivity contribution in [3.05, 3.63) is 0 Å². The van der Waals surface area contributed by atoms with Gasteiger partial charge in [-0.15, -0.1) is 0 Å². The molecule has 0 aromatic carbocycles. The zero-order valence-corrected chi connectivity index (χ0v) is 10.0. The first-order chi connectivity index (χ1) is 6.61. The molecule has 0 spiro atoms. The van der Waals surface area contributed by atoms with Crippen molar-refractivity contribution in [3.63, 3.8) is 0 Å². The summed E-state index contributed by atoms with van der Waals surface area (Å²) in [5, 5.41) is 0.300. The normalized spacial score (nSPS) is 13.2. The van der Waals surface area contributed by atoms with Gasteiger partial charge in [-0.2, -0.15) is 0 Å². The summed E-state index contributed by atoms with van der Waals surface area (Å²) in [6, 6.07) is 0. The van der Waals surface area contributed by atoms with E-state index in [1.807, 2.05) is 25.8 Å². The predicted molar refractivity (Wildman–Crippen MR) is 61.4 cm³/mol. The largest absolute Gasteiger partial charge is 0.383 e. The third-order valence-electron chi connectivity index (χ3n) is 1.73. The Balaban J connectivity index is 4.15. The molecule has 0 aromatic heterocycles. The molecule has 0 fully saturated rings. The molecule has 0 amide bonds. The standard InChI is InChI=1S/C9H18ClN3O/c1-5-11-9(10)12-8(2)13(3)6-7-14-4/h5-7H2,1-4H3. The van der Waals surface area contributed by atoms with Gasteiger partial charge in [0.05, 0.1) is 6.61 Å². The van der Waals surface area contributed by atoms with Crippen molar-refractivity contribution in [2.45, 2.75) is 13.8 Å². The van der Waals surface area contributed by atoms with Crippen LogP contribution in [0.25, 0.3) is 0 Å². The van der Waals surface area contributed by atoms with Crippen LogP contribution >= 0.6 is 11.6 Å². The van der Waals surface area contributed by atoms with Gasteiger partial charge in [0.1, 0.15) is 5.84 Å². The zero-order valence-electron chi connectivity index (χ0n) is 9.25. The second kappa shape index (κ2) is 7.76. The van der Waals surface area contributed by atoms with Crippen LogP contribution in [0.3, 0.4) is 0 Å².